The Bertz CT molecular complexity index is 1580. The van der Waals surface area contributed by atoms with Gasteiger partial charge in [-0.15, -0.1) is 0 Å². The van der Waals surface area contributed by atoms with Gasteiger partial charge < -0.3 is 14.6 Å². The normalized spacial score (nSPS) is 16.8. The molecule has 0 saturated carbocycles. The SMILES string of the molecule is COc1ccc(C(O)=C2C(=O)C(=O)N(c3nc4ccc(Cl)cc4s3)C2c2cccc(OCCC(C)C)c2)cc1. The highest BCUT2D eigenvalue weighted by atomic mass is 35.5. The van der Waals surface area contributed by atoms with Crippen molar-refractivity contribution in [3.05, 3.63) is 88.5 Å². The first-order valence-corrected chi connectivity index (χ1v) is 13.7. The first kappa shape index (κ1) is 26.7. The van der Waals surface area contributed by atoms with Crippen LogP contribution in [0.15, 0.2) is 72.3 Å². The van der Waals surface area contributed by atoms with Gasteiger partial charge in [0.25, 0.3) is 5.78 Å². The predicted octanol–water partition coefficient (Wildman–Crippen LogP) is 7.01. The molecule has 0 spiro atoms. The predicted molar refractivity (Wildman–Crippen MR) is 154 cm³/mol. The largest absolute Gasteiger partial charge is 0.507 e. The number of carbonyl (C=O) groups excluding carboxylic acids is 2. The van der Waals surface area contributed by atoms with Crippen LogP contribution >= 0.6 is 22.9 Å². The van der Waals surface area contributed by atoms with Crippen LogP contribution in [0.4, 0.5) is 5.13 Å². The lowest BCUT2D eigenvalue weighted by molar-refractivity contribution is -0.132. The van der Waals surface area contributed by atoms with Gasteiger partial charge >= 0.3 is 5.91 Å². The Morgan fingerprint density at radius 3 is 2.56 bits per heavy atom. The number of carbonyl (C=O) groups is 2. The quantitative estimate of drug-likeness (QED) is 0.141. The lowest BCUT2D eigenvalue weighted by atomic mass is 9.95. The van der Waals surface area contributed by atoms with Crippen molar-refractivity contribution in [1.29, 1.82) is 0 Å². The number of nitrogens with zero attached hydrogens (tertiary/aromatic N) is 2. The number of rotatable bonds is 8. The number of thiazole rings is 1. The maximum atomic E-state index is 13.5. The second-order valence-electron chi connectivity index (χ2n) is 9.61. The number of ketones is 1. The van der Waals surface area contributed by atoms with Crippen molar-refractivity contribution in [1.82, 2.24) is 4.98 Å². The first-order chi connectivity index (χ1) is 18.8. The van der Waals surface area contributed by atoms with Crippen LogP contribution in [0.5, 0.6) is 11.5 Å². The van der Waals surface area contributed by atoms with E-state index >= 15 is 0 Å². The number of benzene rings is 3. The maximum Gasteiger partial charge on any atom is 0.301 e. The van der Waals surface area contributed by atoms with Gasteiger partial charge in [-0.05, 0) is 72.5 Å². The molecule has 1 amide bonds. The molecule has 0 aliphatic carbocycles. The third-order valence-corrected chi connectivity index (χ3v) is 7.74. The summed E-state index contributed by atoms with van der Waals surface area (Å²) in [6, 6.07) is 18.2. The van der Waals surface area contributed by atoms with E-state index in [1.165, 1.54) is 16.2 Å². The molecule has 0 radical (unpaired) electrons. The van der Waals surface area contributed by atoms with Crippen LogP contribution < -0.4 is 14.4 Å². The zero-order valence-electron chi connectivity index (χ0n) is 21.7. The molecule has 0 bridgehead atoms. The lowest BCUT2D eigenvalue weighted by Crippen LogP contribution is -2.29. The molecule has 1 fully saturated rings. The van der Waals surface area contributed by atoms with Gasteiger partial charge in [-0.2, -0.15) is 0 Å². The highest BCUT2D eigenvalue weighted by Crippen LogP contribution is 2.45. The summed E-state index contributed by atoms with van der Waals surface area (Å²) >= 11 is 7.43. The molecule has 39 heavy (non-hydrogen) atoms. The Balaban J connectivity index is 1.65. The van der Waals surface area contributed by atoms with Crippen molar-refractivity contribution in [3.63, 3.8) is 0 Å². The van der Waals surface area contributed by atoms with E-state index in [0.717, 1.165) is 11.1 Å². The fraction of sp³-hybridized carbons (Fsp3) is 0.233. The van der Waals surface area contributed by atoms with Crippen LogP contribution in [0.25, 0.3) is 16.0 Å². The summed E-state index contributed by atoms with van der Waals surface area (Å²) in [5.74, 6) is -0.152. The van der Waals surface area contributed by atoms with Crippen LogP contribution in [-0.2, 0) is 9.59 Å². The van der Waals surface area contributed by atoms with Gasteiger partial charge in [-0.1, -0.05) is 48.9 Å². The second kappa shape index (κ2) is 11.1. The number of aromatic nitrogens is 1. The average Bonchev–Trinajstić information content (AvgIpc) is 3.45. The molecule has 3 aromatic carbocycles. The zero-order chi connectivity index (χ0) is 27.7. The minimum atomic E-state index is -0.920. The summed E-state index contributed by atoms with van der Waals surface area (Å²) in [7, 11) is 1.54. The number of hydrogen-bond acceptors (Lipinski definition) is 7. The zero-order valence-corrected chi connectivity index (χ0v) is 23.3. The Hall–Kier alpha value is -3.88. The Morgan fingerprint density at radius 2 is 1.85 bits per heavy atom. The molecule has 2 heterocycles. The van der Waals surface area contributed by atoms with E-state index in [1.54, 1.807) is 55.6 Å². The summed E-state index contributed by atoms with van der Waals surface area (Å²) in [6.07, 6.45) is 0.883. The fourth-order valence-electron chi connectivity index (χ4n) is 4.43. The van der Waals surface area contributed by atoms with Crippen molar-refractivity contribution < 1.29 is 24.2 Å². The smallest absolute Gasteiger partial charge is 0.301 e. The Morgan fingerprint density at radius 1 is 1.08 bits per heavy atom. The highest BCUT2D eigenvalue weighted by molar-refractivity contribution is 7.22. The molecule has 1 aliphatic heterocycles. The number of Topliss-reactive ketones (excluding diaryl/α,β-unsaturated/α-hetero) is 1. The number of hydrogen-bond donors (Lipinski definition) is 1. The number of fused-ring (bicyclic) bond motifs is 1. The molecule has 1 unspecified atom stereocenters. The number of aliphatic hydroxyl groups excluding tert-OH is 1. The molecule has 1 aromatic heterocycles. The lowest BCUT2D eigenvalue weighted by Gasteiger charge is -2.23. The van der Waals surface area contributed by atoms with Gasteiger partial charge in [0.1, 0.15) is 17.3 Å². The fourth-order valence-corrected chi connectivity index (χ4v) is 5.69. The van der Waals surface area contributed by atoms with Gasteiger partial charge in [0, 0.05) is 10.6 Å². The van der Waals surface area contributed by atoms with Crippen LogP contribution in [0.2, 0.25) is 5.02 Å². The van der Waals surface area contributed by atoms with Crippen LogP contribution in [0, 0.1) is 5.92 Å². The van der Waals surface area contributed by atoms with Crippen molar-refractivity contribution in [2.75, 3.05) is 18.6 Å². The van der Waals surface area contributed by atoms with E-state index in [2.05, 4.69) is 18.8 Å². The minimum Gasteiger partial charge on any atom is -0.507 e. The average molecular weight is 563 g/mol. The summed E-state index contributed by atoms with van der Waals surface area (Å²) in [6.45, 7) is 4.78. The first-order valence-electron chi connectivity index (χ1n) is 12.5. The molecule has 1 atom stereocenters. The van der Waals surface area contributed by atoms with Gasteiger partial charge in [-0.25, -0.2) is 4.98 Å². The van der Waals surface area contributed by atoms with Gasteiger partial charge in [-0.3, -0.25) is 14.5 Å². The van der Waals surface area contributed by atoms with Crippen molar-refractivity contribution in [2.45, 2.75) is 26.3 Å². The topological polar surface area (TPSA) is 89.0 Å². The van der Waals surface area contributed by atoms with Crippen LogP contribution in [-0.4, -0.2) is 35.5 Å². The van der Waals surface area contributed by atoms with E-state index in [1.807, 2.05) is 18.2 Å². The number of halogens is 1. The minimum absolute atomic E-state index is 0.0261. The van der Waals surface area contributed by atoms with Crippen molar-refractivity contribution in [3.8, 4) is 11.5 Å². The molecule has 9 heteroatoms. The molecule has 7 nitrogen and oxygen atoms in total. The summed E-state index contributed by atoms with van der Waals surface area (Å²) < 4.78 is 12.0. The van der Waals surface area contributed by atoms with Gasteiger partial charge in [0.15, 0.2) is 5.13 Å². The summed E-state index contributed by atoms with van der Waals surface area (Å²) in [4.78, 5) is 33.0. The van der Waals surface area contributed by atoms with E-state index in [-0.39, 0.29) is 11.3 Å². The number of methoxy groups -OCH3 is 1. The third-order valence-electron chi connectivity index (χ3n) is 6.49. The molecular weight excluding hydrogens is 536 g/mol. The van der Waals surface area contributed by atoms with Crippen molar-refractivity contribution >= 4 is 55.7 Å². The maximum absolute atomic E-state index is 13.5. The van der Waals surface area contributed by atoms with Gasteiger partial charge in [0.05, 0.1) is 35.5 Å². The van der Waals surface area contributed by atoms with Gasteiger partial charge in [0.2, 0.25) is 0 Å². The molecule has 1 aliphatic rings. The number of amides is 1. The standard InChI is InChI=1S/C30H27ClN2O5S/c1-17(2)13-14-38-22-6-4-5-19(15-22)26-25(27(34)18-7-10-21(37-3)11-8-18)28(35)29(36)33(26)30-32-23-12-9-20(31)16-24(23)39-30/h4-12,15-17,26,34H,13-14H2,1-3H3. The molecule has 200 valence electrons. The molecule has 1 N–H and O–H groups in total. The molecule has 4 aromatic rings. The molecular formula is C30H27ClN2O5S. The highest BCUT2D eigenvalue weighted by Gasteiger charge is 2.48. The van der Waals surface area contributed by atoms with E-state index in [9.17, 15) is 14.7 Å². The third kappa shape index (κ3) is 5.35. The van der Waals surface area contributed by atoms with Crippen LogP contribution in [0.1, 0.15) is 37.4 Å². The van der Waals surface area contributed by atoms with Crippen LogP contribution in [0.3, 0.4) is 0 Å². The number of anilines is 1. The van der Waals surface area contributed by atoms with E-state index < -0.39 is 17.7 Å². The summed E-state index contributed by atoms with van der Waals surface area (Å²) in [5, 5.41) is 12.3. The van der Waals surface area contributed by atoms with Crippen molar-refractivity contribution in [2.24, 2.45) is 5.92 Å². The summed E-state index contributed by atoms with van der Waals surface area (Å²) in [5.41, 5.74) is 1.63. The Kier molecular flexibility index (Phi) is 7.59. The van der Waals surface area contributed by atoms with E-state index in [4.69, 9.17) is 21.1 Å². The monoisotopic (exact) mass is 562 g/mol. The second-order valence-corrected chi connectivity index (χ2v) is 11.1. The molecule has 5 rings (SSSR count). The number of ether oxygens (including phenoxy) is 2. The number of aliphatic hydroxyl groups is 1. The molecule has 1 saturated heterocycles. The Labute approximate surface area is 235 Å². The van der Waals surface area contributed by atoms with E-state index in [0.29, 0.717) is 50.8 Å².